The summed E-state index contributed by atoms with van der Waals surface area (Å²) < 4.78 is 13.6. The molecule has 5 heteroatoms. The van der Waals surface area contributed by atoms with Crippen molar-refractivity contribution in [3.8, 4) is 0 Å². The van der Waals surface area contributed by atoms with Crippen LogP contribution in [0.3, 0.4) is 0 Å². The van der Waals surface area contributed by atoms with Gasteiger partial charge in [-0.2, -0.15) is 0 Å². The Morgan fingerprint density at radius 3 is 2.47 bits per heavy atom. The summed E-state index contributed by atoms with van der Waals surface area (Å²) >= 11 is 5.67. The first-order valence-corrected chi connectivity index (χ1v) is 6.91. The predicted octanol–water partition coefficient (Wildman–Crippen LogP) is 2.74. The Hall–Kier alpha value is -1.13. The van der Waals surface area contributed by atoms with Gasteiger partial charge in [0.1, 0.15) is 5.82 Å². The summed E-state index contributed by atoms with van der Waals surface area (Å²) in [6.07, 6.45) is 3.91. The molecule has 1 fully saturated rings. The van der Waals surface area contributed by atoms with Gasteiger partial charge in [0.05, 0.1) is 5.56 Å². The molecule has 19 heavy (non-hydrogen) atoms. The van der Waals surface area contributed by atoms with Gasteiger partial charge in [0.2, 0.25) is 0 Å². The average Bonchev–Trinajstić information content (AvgIpc) is 2.39. The molecule has 0 bridgehead atoms. The zero-order valence-electron chi connectivity index (χ0n) is 10.9. The molecule has 1 aliphatic carbocycles. The first kappa shape index (κ1) is 14.3. The highest BCUT2D eigenvalue weighted by molar-refractivity contribution is 6.30. The molecular weight excluding hydrogens is 267 g/mol. The number of halogens is 2. The van der Waals surface area contributed by atoms with E-state index < -0.39 is 5.82 Å². The highest BCUT2D eigenvalue weighted by atomic mass is 35.5. The van der Waals surface area contributed by atoms with Gasteiger partial charge in [-0.15, -0.1) is 0 Å². The summed E-state index contributed by atoms with van der Waals surface area (Å²) in [5.74, 6) is -0.934. The van der Waals surface area contributed by atoms with Crippen molar-refractivity contribution in [1.29, 1.82) is 0 Å². The predicted molar refractivity (Wildman–Crippen MR) is 74.0 cm³/mol. The van der Waals surface area contributed by atoms with Gasteiger partial charge in [-0.1, -0.05) is 11.6 Å². The highest BCUT2D eigenvalue weighted by Gasteiger charge is 2.22. The molecule has 0 aliphatic heterocycles. The number of carbonyl (C=O) groups excluding carboxylic acids is 1. The minimum Gasteiger partial charge on any atom is -0.349 e. The van der Waals surface area contributed by atoms with Crippen LogP contribution < -0.4 is 10.6 Å². The van der Waals surface area contributed by atoms with Crippen molar-refractivity contribution in [3.63, 3.8) is 0 Å². The molecule has 0 radical (unpaired) electrons. The van der Waals surface area contributed by atoms with Crippen molar-refractivity contribution in [1.82, 2.24) is 10.6 Å². The number of amides is 1. The smallest absolute Gasteiger partial charge is 0.254 e. The molecule has 1 aromatic carbocycles. The number of nitrogens with one attached hydrogen (secondary N) is 2. The lowest BCUT2D eigenvalue weighted by molar-refractivity contribution is 0.0920. The van der Waals surface area contributed by atoms with Crippen LogP contribution in [0.25, 0.3) is 0 Å². The molecule has 104 valence electrons. The molecule has 0 unspecified atom stereocenters. The first-order chi connectivity index (χ1) is 9.10. The summed E-state index contributed by atoms with van der Waals surface area (Å²) in [5.41, 5.74) is 0.0557. The monoisotopic (exact) mass is 284 g/mol. The second kappa shape index (κ2) is 6.35. The van der Waals surface area contributed by atoms with Gasteiger partial charge < -0.3 is 10.6 Å². The van der Waals surface area contributed by atoms with Crippen LogP contribution in [0.1, 0.15) is 36.0 Å². The minimum absolute atomic E-state index is 0.0557. The second-order valence-electron chi connectivity index (χ2n) is 4.93. The van der Waals surface area contributed by atoms with E-state index in [1.807, 2.05) is 7.05 Å². The number of hydrogen-bond acceptors (Lipinski definition) is 2. The normalized spacial score (nSPS) is 23.1. The standard InChI is InChI=1S/C14H18ClFN2O/c1-17-10-3-5-11(6-4-10)18-14(19)12-7-2-9(15)8-13(12)16/h2,7-8,10-11,17H,3-6H2,1H3,(H,18,19). The molecule has 0 saturated heterocycles. The van der Waals surface area contributed by atoms with E-state index in [0.717, 1.165) is 31.7 Å². The summed E-state index contributed by atoms with van der Waals surface area (Å²) in [5, 5.41) is 6.42. The molecule has 1 aromatic rings. The number of benzene rings is 1. The lowest BCUT2D eigenvalue weighted by Gasteiger charge is -2.28. The number of carbonyl (C=O) groups is 1. The second-order valence-corrected chi connectivity index (χ2v) is 5.37. The van der Waals surface area contributed by atoms with Crippen LogP contribution in [0.4, 0.5) is 4.39 Å². The Morgan fingerprint density at radius 1 is 1.26 bits per heavy atom. The van der Waals surface area contributed by atoms with Gasteiger partial charge in [-0.3, -0.25) is 4.79 Å². The van der Waals surface area contributed by atoms with E-state index in [9.17, 15) is 9.18 Å². The third-order valence-corrected chi connectivity index (χ3v) is 3.88. The van der Waals surface area contributed by atoms with Gasteiger partial charge in [-0.05, 0) is 50.9 Å². The molecule has 0 aromatic heterocycles. The van der Waals surface area contributed by atoms with Crippen LogP contribution in [-0.2, 0) is 0 Å². The molecule has 1 saturated carbocycles. The van der Waals surface area contributed by atoms with Gasteiger partial charge in [-0.25, -0.2) is 4.39 Å². The van der Waals surface area contributed by atoms with Gasteiger partial charge >= 0.3 is 0 Å². The van der Waals surface area contributed by atoms with Crippen LogP contribution in [-0.4, -0.2) is 25.0 Å². The first-order valence-electron chi connectivity index (χ1n) is 6.53. The van der Waals surface area contributed by atoms with Crippen molar-refractivity contribution < 1.29 is 9.18 Å². The van der Waals surface area contributed by atoms with Crippen LogP contribution >= 0.6 is 11.6 Å². The van der Waals surface area contributed by atoms with E-state index >= 15 is 0 Å². The van der Waals surface area contributed by atoms with Crippen LogP contribution in [0, 0.1) is 5.82 Å². The SMILES string of the molecule is CNC1CCC(NC(=O)c2ccc(Cl)cc2F)CC1. The lowest BCUT2D eigenvalue weighted by Crippen LogP contribution is -2.41. The van der Waals surface area contributed by atoms with Gasteiger partial charge in [0, 0.05) is 17.1 Å². The number of hydrogen-bond donors (Lipinski definition) is 2. The molecule has 0 spiro atoms. The third kappa shape index (κ3) is 3.67. The average molecular weight is 285 g/mol. The van der Waals surface area contributed by atoms with E-state index in [1.165, 1.54) is 12.1 Å². The van der Waals surface area contributed by atoms with E-state index in [2.05, 4.69) is 10.6 Å². The molecule has 0 heterocycles. The maximum atomic E-state index is 13.6. The Kier molecular flexibility index (Phi) is 4.77. The van der Waals surface area contributed by atoms with Crippen LogP contribution in [0.2, 0.25) is 5.02 Å². The third-order valence-electron chi connectivity index (χ3n) is 3.65. The molecular formula is C14H18ClFN2O. The largest absolute Gasteiger partial charge is 0.349 e. The molecule has 1 amide bonds. The van der Waals surface area contributed by atoms with Crippen molar-refractivity contribution in [2.75, 3.05) is 7.05 Å². The summed E-state index contributed by atoms with van der Waals surface area (Å²) in [7, 11) is 1.95. The van der Waals surface area contributed by atoms with Crippen molar-refractivity contribution in [3.05, 3.63) is 34.6 Å². The van der Waals surface area contributed by atoms with Gasteiger partial charge in [0.25, 0.3) is 5.91 Å². The molecule has 1 aliphatic rings. The van der Waals surface area contributed by atoms with E-state index in [1.54, 1.807) is 0 Å². The Bertz CT molecular complexity index is 459. The summed E-state index contributed by atoms with van der Waals surface area (Å²) in [6, 6.07) is 4.77. The van der Waals surface area contributed by atoms with Crippen LogP contribution in [0.5, 0.6) is 0 Å². The Balaban J connectivity index is 1.94. The van der Waals surface area contributed by atoms with E-state index in [0.29, 0.717) is 11.1 Å². The Labute approximate surface area is 117 Å². The lowest BCUT2D eigenvalue weighted by atomic mass is 9.91. The summed E-state index contributed by atoms with van der Waals surface area (Å²) in [6.45, 7) is 0. The zero-order chi connectivity index (χ0) is 13.8. The Morgan fingerprint density at radius 2 is 1.89 bits per heavy atom. The maximum absolute atomic E-state index is 13.6. The number of rotatable bonds is 3. The van der Waals surface area contributed by atoms with Crippen LogP contribution in [0.15, 0.2) is 18.2 Å². The quantitative estimate of drug-likeness (QED) is 0.896. The fourth-order valence-corrected chi connectivity index (χ4v) is 2.62. The topological polar surface area (TPSA) is 41.1 Å². The van der Waals surface area contributed by atoms with E-state index in [4.69, 9.17) is 11.6 Å². The minimum atomic E-state index is -0.575. The molecule has 2 rings (SSSR count). The summed E-state index contributed by atoms with van der Waals surface area (Å²) in [4.78, 5) is 12.0. The zero-order valence-corrected chi connectivity index (χ0v) is 11.6. The molecule has 3 nitrogen and oxygen atoms in total. The van der Waals surface area contributed by atoms with Crippen molar-refractivity contribution in [2.24, 2.45) is 0 Å². The van der Waals surface area contributed by atoms with Crippen molar-refractivity contribution >= 4 is 17.5 Å². The fraction of sp³-hybridized carbons (Fsp3) is 0.500. The molecule has 0 atom stereocenters. The highest BCUT2D eigenvalue weighted by Crippen LogP contribution is 2.20. The van der Waals surface area contributed by atoms with E-state index in [-0.39, 0.29) is 17.5 Å². The maximum Gasteiger partial charge on any atom is 0.254 e. The van der Waals surface area contributed by atoms with Crippen molar-refractivity contribution in [2.45, 2.75) is 37.8 Å². The molecule has 2 N–H and O–H groups in total. The van der Waals surface area contributed by atoms with Gasteiger partial charge in [0.15, 0.2) is 0 Å². The fourth-order valence-electron chi connectivity index (χ4n) is 2.46.